The third-order valence-electron chi connectivity index (χ3n) is 10.6. The molecule has 12 heteroatoms. The van der Waals surface area contributed by atoms with Crippen molar-refractivity contribution in [3.05, 3.63) is 219 Å². The topological polar surface area (TPSA) is 192 Å². The second-order valence-electron chi connectivity index (χ2n) is 17.4. The molecule has 7 N–H and O–H groups in total. The summed E-state index contributed by atoms with van der Waals surface area (Å²) in [6.07, 6.45) is 0. The minimum Gasteiger partial charge on any atom is -0.496 e. The van der Waals surface area contributed by atoms with Gasteiger partial charge in [0, 0.05) is 35.0 Å². The van der Waals surface area contributed by atoms with Crippen molar-refractivity contribution in [2.75, 3.05) is 29.7 Å². The van der Waals surface area contributed by atoms with Crippen LogP contribution in [-0.2, 0) is 9.59 Å². The van der Waals surface area contributed by atoms with Gasteiger partial charge in [0.05, 0.1) is 12.8 Å². The number of nitrogens with two attached hydrogens (primary N) is 2. The van der Waals surface area contributed by atoms with Crippen LogP contribution in [0.3, 0.4) is 0 Å². The van der Waals surface area contributed by atoms with Crippen molar-refractivity contribution in [1.29, 1.82) is 0 Å². The largest absolute Gasteiger partial charge is 0.496 e. The van der Waals surface area contributed by atoms with E-state index in [0.717, 1.165) is 50.8 Å². The van der Waals surface area contributed by atoms with Gasteiger partial charge < -0.3 is 36.9 Å². The Balaban J connectivity index is 0.000000230. The van der Waals surface area contributed by atoms with Crippen LogP contribution in [0.5, 0.6) is 11.5 Å². The first-order valence-electron chi connectivity index (χ1n) is 23.3. The molecule has 72 heavy (non-hydrogen) atoms. The maximum atomic E-state index is 11.8. The van der Waals surface area contributed by atoms with Gasteiger partial charge in [-0.2, -0.15) is 0 Å². The van der Waals surface area contributed by atoms with Crippen LogP contribution in [0.15, 0.2) is 158 Å². The zero-order valence-electron chi connectivity index (χ0n) is 43.3. The number of anilines is 3. The van der Waals surface area contributed by atoms with Crippen LogP contribution in [0, 0.1) is 48.5 Å². The zero-order valence-corrected chi connectivity index (χ0v) is 43.3. The molecule has 0 bridgehead atoms. The van der Waals surface area contributed by atoms with Gasteiger partial charge in [-0.1, -0.05) is 109 Å². The van der Waals surface area contributed by atoms with Crippen molar-refractivity contribution in [2.45, 2.75) is 75.2 Å². The van der Waals surface area contributed by atoms with E-state index in [0.29, 0.717) is 22.6 Å². The summed E-state index contributed by atoms with van der Waals surface area (Å²) in [6, 6.07) is 49.5. The van der Waals surface area contributed by atoms with Crippen LogP contribution >= 0.6 is 0 Å². The zero-order chi connectivity index (χ0) is 53.3. The lowest BCUT2D eigenvalue weighted by molar-refractivity contribution is -0.118. The number of carbonyl (C=O) groups excluding carboxylic acids is 5. The normalized spacial score (nSPS) is 10.5. The molecule has 8 rings (SSSR count). The Labute approximate surface area is 425 Å². The number of aryl methyl sites for hydroxylation is 7. The molecule has 7 aromatic carbocycles. The first-order chi connectivity index (χ1) is 34.1. The molecule has 12 nitrogen and oxygen atoms in total. The predicted octanol–water partition coefficient (Wildman–Crippen LogP) is 12.1. The number of methoxy groups -OCH3 is 1. The average molecular weight is 972 g/mol. The standard InChI is InChI=1S/C14H13NO.C10H11NO2.C10H14.C9H11NO2.C9H11NO.C8H9NO/c1-11-7-9-13(10-8-11)15-14(16)12-5-3-2-4-6-12;1-6-3-8-9(4-7(6)2)13-5-10(12)11-8;1-8(2)10-6-4-9(3)5-7-10;1-6-5-7(9(10)11)3-4-8(6)12-2;1-7-4-3-5-9(6-7)10-8(2)11;1-6-3-2-4-7(5-6)8(9)10/h2-10H,1H3,(H,15,16);3-4H,5H2,1-2H3,(H,11,12);4-8H,1-3H3;3-5H,1-2H3,(H2,10,11);3-6H,1-2H3,(H,10,11);2-5H,1H3,(H2,9,10). The van der Waals surface area contributed by atoms with Gasteiger partial charge in [-0.25, -0.2) is 0 Å². The van der Waals surface area contributed by atoms with Crippen molar-refractivity contribution in [3.63, 3.8) is 0 Å². The van der Waals surface area contributed by atoms with Crippen LogP contribution in [0.1, 0.15) is 102 Å². The average Bonchev–Trinajstić information content (AvgIpc) is 3.34. The molecule has 1 heterocycles. The van der Waals surface area contributed by atoms with Gasteiger partial charge >= 0.3 is 0 Å². The molecule has 0 fully saturated rings. The minimum atomic E-state index is -0.416. The van der Waals surface area contributed by atoms with Gasteiger partial charge in [0.2, 0.25) is 17.7 Å². The van der Waals surface area contributed by atoms with Crippen LogP contribution in [-0.4, -0.2) is 43.3 Å². The number of fused-ring (bicyclic) bond motifs is 1. The number of benzene rings is 7. The Morgan fingerprint density at radius 1 is 0.556 bits per heavy atom. The van der Waals surface area contributed by atoms with Gasteiger partial charge in [0.25, 0.3) is 11.8 Å². The second-order valence-corrected chi connectivity index (χ2v) is 17.4. The predicted molar refractivity (Wildman–Crippen MR) is 292 cm³/mol. The van der Waals surface area contributed by atoms with E-state index in [-0.39, 0.29) is 30.2 Å². The van der Waals surface area contributed by atoms with E-state index in [1.54, 1.807) is 49.6 Å². The molecule has 0 radical (unpaired) electrons. The van der Waals surface area contributed by atoms with E-state index in [1.807, 2.05) is 133 Å². The monoisotopic (exact) mass is 972 g/mol. The number of rotatable bonds is 7. The van der Waals surface area contributed by atoms with E-state index in [9.17, 15) is 24.0 Å². The van der Waals surface area contributed by atoms with Crippen molar-refractivity contribution >= 4 is 46.6 Å². The van der Waals surface area contributed by atoms with Gasteiger partial charge in [0.1, 0.15) is 11.5 Å². The van der Waals surface area contributed by atoms with Gasteiger partial charge in [0.15, 0.2) is 6.61 Å². The van der Waals surface area contributed by atoms with E-state index in [4.69, 9.17) is 20.9 Å². The lowest BCUT2D eigenvalue weighted by Gasteiger charge is -2.19. The number of primary amides is 2. The Bertz CT molecular complexity index is 2880. The maximum Gasteiger partial charge on any atom is 0.262 e. The molecule has 0 spiro atoms. The Morgan fingerprint density at radius 3 is 1.61 bits per heavy atom. The molecule has 0 saturated carbocycles. The Kier molecular flexibility index (Phi) is 23.7. The highest BCUT2D eigenvalue weighted by Gasteiger charge is 2.16. The number of ether oxygens (including phenoxy) is 2. The minimum absolute atomic E-state index is 0.0319. The maximum absolute atomic E-state index is 11.8. The van der Waals surface area contributed by atoms with E-state index in [2.05, 4.69) is 61.0 Å². The Hall–Kier alpha value is -8.51. The van der Waals surface area contributed by atoms with Crippen molar-refractivity contribution in [1.82, 2.24) is 0 Å². The summed E-state index contributed by atoms with van der Waals surface area (Å²) in [5.41, 5.74) is 23.7. The first-order valence-corrected chi connectivity index (χ1v) is 23.3. The van der Waals surface area contributed by atoms with E-state index >= 15 is 0 Å². The lowest BCUT2D eigenvalue weighted by Crippen LogP contribution is -2.25. The molecular weight excluding hydrogens is 903 g/mol. The third-order valence-corrected chi connectivity index (χ3v) is 10.6. The van der Waals surface area contributed by atoms with Gasteiger partial charge in [-0.05, 0) is 161 Å². The van der Waals surface area contributed by atoms with Crippen molar-refractivity contribution in [2.24, 2.45) is 11.5 Å². The fourth-order valence-electron chi connectivity index (χ4n) is 6.47. The molecule has 5 amide bonds. The summed E-state index contributed by atoms with van der Waals surface area (Å²) in [7, 11) is 1.59. The van der Waals surface area contributed by atoms with Crippen molar-refractivity contribution in [3.8, 4) is 11.5 Å². The summed E-state index contributed by atoms with van der Waals surface area (Å²) in [4.78, 5) is 54.7. The number of amides is 5. The summed E-state index contributed by atoms with van der Waals surface area (Å²) in [5.74, 6) is 1.20. The molecule has 376 valence electrons. The number of hydrogen-bond donors (Lipinski definition) is 5. The Morgan fingerprint density at radius 2 is 1.10 bits per heavy atom. The summed E-state index contributed by atoms with van der Waals surface area (Å²) in [6.45, 7) is 20.0. The van der Waals surface area contributed by atoms with Crippen molar-refractivity contribution < 1.29 is 33.4 Å². The van der Waals surface area contributed by atoms with E-state index < -0.39 is 5.91 Å². The van der Waals surface area contributed by atoms with Crippen LogP contribution in [0.4, 0.5) is 17.1 Å². The number of carbonyl (C=O) groups is 5. The highest BCUT2D eigenvalue weighted by molar-refractivity contribution is 6.04. The summed E-state index contributed by atoms with van der Waals surface area (Å²) < 4.78 is 10.3. The van der Waals surface area contributed by atoms with Crippen LogP contribution in [0.25, 0.3) is 0 Å². The van der Waals surface area contributed by atoms with E-state index in [1.165, 1.54) is 29.2 Å². The molecule has 1 aliphatic rings. The molecule has 1 aliphatic heterocycles. The molecule has 0 aliphatic carbocycles. The number of hydrogen-bond acceptors (Lipinski definition) is 7. The highest BCUT2D eigenvalue weighted by atomic mass is 16.5. The first kappa shape index (κ1) is 57.8. The highest BCUT2D eigenvalue weighted by Crippen LogP contribution is 2.30. The quantitative estimate of drug-likeness (QED) is 0.105. The molecule has 7 aromatic rings. The molecule has 0 atom stereocenters. The third kappa shape index (κ3) is 21.0. The lowest BCUT2D eigenvalue weighted by atomic mass is 10.0. The molecule has 0 aromatic heterocycles. The summed E-state index contributed by atoms with van der Waals surface area (Å²) >= 11 is 0. The fraction of sp³-hybridized carbons (Fsp3) is 0.217. The smallest absolute Gasteiger partial charge is 0.262 e. The summed E-state index contributed by atoms with van der Waals surface area (Å²) in [5, 5.41) is 8.32. The fourth-order valence-corrected chi connectivity index (χ4v) is 6.47. The number of nitrogens with one attached hydrogen (secondary N) is 3. The van der Waals surface area contributed by atoms with Gasteiger partial charge in [-0.15, -0.1) is 0 Å². The van der Waals surface area contributed by atoms with Crippen LogP contribution < -0.4 is 36.9 Å². The molecule has 0 saturated heterocycles. The molecule has 0 unspecified atom stereocenters. The van der Waals surface area contributed by atoms with Crippen LogP contribution in [0.2, 0.25) is 0 Å². The second kappa shape index (κ2) is 29.5. The van der Waals surface area contributed by atoms with Gasteiger partial charge in [-0.3, -0.25) is 24.0 Å². The molecular formula is C60H69N5O7. The SMILES string of the molecule is CC(=O)Nc1cccc(C)c1.COc1ccc(C(N)=O)cc1C.Cc1cc2c(cc1C)OCC(=O)N2.Cc1ccc(C(C)C)cc1.Cc1ccc(NC(=O)c2ccccc2)cc1.Cc1cccc(C(N)=O)c1.